The number of aliphatic hydroxyl groups is 1. The second-order valence-corrected chi connectivity index (χ2v) is 5.12. The van der Waals surface area contributed by atoms with Gasteiger partial charge < -0.3 is 14.8 Å². The van der Waals surface area contributed by atoms with Crippen molar-refractivity contribution in [2.45, 2.75) is 18.2 Å². The van der Waals surface area contributed by atoms with E-state index in [4.69, 9.17) is 4.42 Å². The second-order valence-electron chi connectivity index (χ2n) is 5.12. The van der Waals surface area contributed by atoms with E-state index in [1.807, 2.05) is 5.32 Å². The molecule has 3 rings (SSSR count). The second kappa shape index (κ2) is 4.95. The van der Waals surface area contributed by atoms with Crippen LogP contribution in [0.15, 0.2) is 41.0 Å². The number of hydrogen-bond acceptors (Lipinski definition) is 4. The van der Waals surface area contributed by atoms with E-state index in [1.54, 1.807) is 0 Å². The summed E-state index contributed by atoms with van der Waals surface area (Å²) in [4.78, 5) is 24.1. The monoisotopic (exact) mass is 325 g/mol. The number of ketones is 1. The minimum absolute atomic E-state index is 0.0911. The smallest absolute Gasteiger partial charge is 0.418 e. The Morgan fingerprint density at radius 2 is 2.00 bits per heavy atom. The van der Waals surface area contributed by atoms with Crippen molar-refractivity contribution in [3.8, 4) is 0 Å². The number of amides is 1. The molecule has 0 radical (unpaired) electrons. The van der Waals surface area contributed by atoms with Gasteiger partial charge in [-0.2, -0.15) is 13.2 Å². The van der Waals surface area contributed by atoms with E-state index in [1.165, 1.54) is 24.5 Å². The number of carbonyl (C=O) groups is 2. The number of alkyl halides is 3. The Labute approximate surface area is 127 Å². The largest absolute Gasteiger partial charge is 0.461 e. The third kappa shape index (κ3) is 2.40. The molecule has 0 spiro atoms. The molecule has 2 heterocycles. The van der Waals surface area contributed by atoms with E-state index in [9.17, 15) is 27.9 Å². The molecule has 23 heavy (non-hydrogen) atoms. The zero-order chi connectivity index (χ0) is 16.8. The van der Waals surface area contributed by atoms with E-state index in [0.29, 0.717) is 0 Å². The molecule has 120 valence electrons. The molecule has 1 aromatic heterocycles. The van der Waals surface area contributed by atoms with Gasteiger partial charge in [-0.25, -0.2) is 0 Å². The molecular weight excluding hydrogens is 315 g/mol. The maximum atomic E-state index is 13.0. The Morgan fingerprint density at radius 3 is 2.61 bits per heavy atom. The number of carbonyl (C=O) groups excluding carboxylic acids is 2. The SMILES string of the molecule is O=C(CC1(O)C(=O)Nc2c(C(F)(F)F)cccc21)c1ccco1. The summed E-state index contributed by atoms with van der Waals surface area (Å²) in [6.07, 6.45) is -4.18. The minimum Gasteiger partial charge on any atom is -0.461 e. The lowest BCUT2D eigenvalue weighted by atomic mass is 9.88. The van der Waals surface area contributed by atoms with E-state index in [-0.39, 0.29) is 11.3 Å². The highest BCUT2D eigenvalue weighted by molar-refractivity contribution is 6.09. The van der Waals surface area contributed by atoms with Crippen LogP contribution in [0, 0.1) is 0 Å². The van der Waals surface area contributed by atoms with Gasteiger partial charge in [0.1, 0.15) is 0 Å². The van der Waals surface area contributed by atoms with Crippen LogP contribution < -0.4 is 5.32 Å². The summed E-state index contributed by atoms with van der Waals surface area (Å²) >= 11 is 0. The maximum absolute atomic E-state index is 13.0. The predicted molar refractivity (Wildman–Crippen MR) is 71.6 cm³/mol. The number of anilines is 1. The molecule has 0 fully saturated rings. The average Bonchev–Trinajstić information content (AvgIpc) is 3.06. The first-order valence-corrected chi connectivity index (χ1v) is 6.55. The number of furan rings is 1. The number of benzene rings is 1. The zero-order valence-corrected chi connectivity index (χ0v) is 11.5. The highest BCUT2D eigenvalue weighted by Crippen LogP contribution is 2.45. The normalized spacial score (nSPS) is 20.3. The highest BCUT2D eigenvalue weighted by Gasteiger charge is 2.50. The standard InChI is InChI=1S/C15H10F3NO4/c16-15(17,18)9-4-1-3-8-12(9)19-13(21)14(8,22)7-10(20)11-5-2-6-23-11/h1-6,22H,7H2,(H,19,21). The zero-order valence-electron chi connectivity index (χ0n) is 11.5. The van der Waals surface area contributed by atoms with Gasteiger partial charge in [0, 0.05) is 5.56 Å². The summed E-state index contributed by atoms with van der Waals surface area (Å²) < 4.78 is 43.9. The Kier molecular flexibility index (Phi) is 3.29. The molecule has 2 N–H and O–H groups in total. The topological polar surface area (TPSA) is 79.5 Å². The van der Waals surface area contributed by atoms with E-state index in [0.717, 1.165) is 12.1 Å². The van der Waals surface area contributed by atoms with Gasteiger partial charge in [0.2, 0.25) is 5.78 Å². The van der Waals surface area contributed by atoms with Crippen molar-refractivity contribution >= 4 is 17.4 Å². The maximum Gasteiger partial charge on any atom is 0.418 e. The third-order valence-corrected chi connectivity index (χ3v) is 3.64. The third-order valence-electron chi connectivity index (χ3n) is 3.64. The van der Waals surface area contributed by atoms with Gasteiger partial charge in [0.25, 0.3) is 5.91 Å². The van der Waals surface area contributed by atoms with Crippen LogP contribution in [0.5, 0.6) is 0 Å². The molecule has 0 aliphatic carbocycles. The quantitative estimate of drug-likeness (QED) is 0.851. The molecule has 1 atom stereocenters. The molecule has 0 saturated carbocycles. The molecule has 2 aromatic rings. The molecule has 1 aliphatic heterocycles. The lowest BCUT2D eigenvalue weighted by Gasteiger charge is -2.19. The van der Waals surface area contributed by atoms with Gasteiger partial charge >= 0.3 is 6.18 Å². The van der Waals surface area contributed by atoms with Crippen molar-refractivity contribution in [2.75, 3.05) is 5.32 Å². The van der Waals surface area contributed by atoms with Crippen LogP contribution in [0.3, 0.4) is 0 Å². The number of nitrogens with one attached hydrogen (secondary N) is 1. The number of para-hydroxylation sites is 1. The van der Waals surface area contributed by atoms with Crippen molar-refractivity contribution in [3.63, 3.8) is 0 Å². The van der Waals surface area contributed by atoms with Gasteiger partial charge in [0.05, 0.1) is 23.9 Å². The van der Waals surface area contributed by atoms with E-state index < -0.39 is 41.1 Å². The molecule has 1 aliphatic rings. The fourth-order valence-corrected chi connectivity index (χ4v) is 2.54. The number of hydrogen-bond donors (Lipinski definition) is 2. The number of fused-ring (bicyclic) bond motifs is 1. The Bertz CT molecular complexity index is 783. The molecule has 1 aromatic carbocycles. The van der Waals surface area contributed by atoms with Crippen molar-refractivity contribution in [3.05, 3.63) is 53.5 Å². The van der Waals surface area contributed by atoms with Gasteiger partial charge in [-0.05, 0) is 18.2 Å². The van der Waals surface area contributed by atoms with E-state index in [2.05, 4.69) is 0 Å². The fourth-order valence-electron chi connectivity index (χ4n) is 2.54. The predicted octanol–water partition coefficient (Wildman–Crippen LogP) is 2.71. The van der Waals surface area contributed by atoms with Crippen LogP contribution in [-0.2, 0) is 16.6 Å². The minimum atomic E-state index is -4.70. The Morgan fingerprint density at radius 1 is 1.26 bits per heavy atom. The first kappa shape index (κ1) is 15.3. The van der Waals surface area contributed by atoms with Gasteiger partial charge in [-0.15, -0.1) is 0 Å². The van der Waals surface area contributed by atoms with Gasteiger partial charge in [-0.1, -0.05) is 12.1 Å². The van der Waals surface area contributed by atoms with E-state index >= 15 is 0 Å². The lowest BCUT2D eigenvalue weighted by molar-refractivity contribution is -0.137. The van der Waals surface area contributed by atoms with Crippen LogP contribution >= 0.6 is 0 Å². The first-order valence-electron chi connectivity index (χ1n) is 6.55. The summed E-state index contributed by atoms with van der Waals surface area (Å²) in [6.45, 7) is 0. The van der Waals surface area contributed by atoms with Crippen LogP contribution in [0.2, 0.25) is 0 Å². The van der Waals surface area contributed by atoms with Crippen molar-refractivity contribution in [1.29, 1.82) is 0 Å². The molecule has 1 unspecified atom stereocenters. The Hall–Kier alpha value is -2.61. The van der Waals surface area contributed by atoms with Crippen LogP contribution in [0.1, 0.15) is 28.1 Å². The lowest BCUT2D eigenvalue weighted by Crippen LogP contribution is -2.36. The number of halogens is 3. The fraction of sp³-hybridized carbons (Fsp3) is 0.200. The molecular formula is C15H10F3NO4. The Balaban J connectivity index is 2.03. The van der Waals surface area contributed by atoms with Gasteiger partial charge in [0.15, 0.2) is 11.4 Å². The summed E-state index contributed by atoms with van der Waals surface area (Å²) in [5.74, 6) is -1.87. The van der Waals surface area contributed by atoms with Crippen molar-refractivity contribution < 1.29 is 32.3 Å². The molecule has 1 amide bonds. The first-order chi connectivity index (χ1) is 10.7. The molecule has 8 heteroatoms. The number of Topliss-reactive ketones (excluding diaryl/α,β-unsaturated/α-hetero) is 1. The molecule has 0 bridgehead atoms. The van der Waals surface area contributed by atoms with Crippen LogP contribution in [0.25, 0.3) is 0 Å². The van der Waals surface area contributed by atoms with Gasteiger partial charge in [-0.3, -0.25) is 9.59 Å². The average molecular weight is 325 g/mol. The van der Waals surface area contributed by atoms with Crippen molar-refractivity contribution in [2.24, 2.45) is 0 Å². The van der Waals surface area contributed by atoms with Crippen LogP contribution in [-0.4, -0.2) is 16.8 Å². The summed E-state index contributed by atoms with van der Waals surface area (Å²) in [6, 6.07) is 5.83. The van der Waals surface area contributed by atoms with Crippen molar-refractivity contribution in [1.82, 2.24) is 0 Å². The van der Waals surface area contributed by atoms with Crippen LogP contribution in [0.4, 0.5) is 18.9 Å². The highest BCUT2D eigenvalue weighted by atomic mass is 19.4. The molecule has 0 saturated heterocycles. The summed E-state index contributed by atoms with van der Waals surface area (Å²) in [5.41, 5.74) is -4.26. The number of rotatable bonds is 3. The molecule has 5 nitrogen and oxygen atoms in total. The summed E-state index contributed by atoms with van der Waals surface area (Å²) in [7, 11) is 0. The summed E-state index contributed by atoms with van der Waals surface area (Å²) in [5, 5.41) is 12.6.